The topological polar surface area (TPSA) is 15.6 Å². The summed E-state index contributed by atoms with van der Waals surface area (Å²) in [6.45, 7) is 11.1. The SMILES string of the molecule is C#C/C(=N\C[C@@H](C)CCCC)C(=C)N(C)/C=C\C. The summed E-state index contributed by atoms with van der Waals surface area (Å²) in [5.74, 6) is 3.20. The largest absolute Gasteiger partial charge is 0.350 e. The van der Waals surface area contributed by atoms with Crippen molar-refractivity contribution in [1.82, 2.24) is 4.90 Å². The van der Waals surface area contributed by atoms with Gasteiger partial charge in [0.05, 0.1) is 5.70 Å². The average Bonchev–Trinajstić information content (AvgIpc) is 2.36. The van der Waals surface area contributed by atoms with Gasteiger partial charge in [-0.1, -0.05) is 39.3 Å². The van der Waals surface area contributed by atoms with Crippen molar-refractivity contribution < 1.29 is 0 Å². The van der Waals surface area contributed by atoms with Crippen molar-refractivity contribution in [2.24, 2.45) is 10.9 Å². The highest BCUT2D eigenvalue weighted by Crippen LogP contribution is 2.09. The Kier molecular flexibility index (Phi) is 8.74. The fraction of sp³-hybridized carbons (Fsp3) is 0.562. The number of unbranched alkanes of at least 4 members (excludes halogenated alkanes) is 1. The molecule has 0 rings (SSSR count). The fourth-order valence-electron chi connectivity index (χ4n) is 1.59. The molecule has 100 valence electrons. The molecule has 0 spiro atoms. The Morgan fingerprint density at radius 3 is 2.72 bits per heavy atom. The van der Waals surface area contributed by atoms with Crippen molar-refractivity contribution in [2.45, 2.75) is 40.0 Å². The molecule has 0 amide bonds. The summed E-state index contributed by atoms with van der Waals surface area (Å²) < 4.78 is 0. The average molecular weight is 246 g/mol. The van der Waals surface area contributed by atoms with Crippen molar-refractivity contribution in [3.05, 3.63) is 24.6 Å². The van der Waals surface area contributed by atoms with Crippen LogP contribution in [-0.2, 0) is 0 Å². The van der Waals surface area contributed by atoms with Crippen LogP contribution in [0.25, 0.3) is 0 Å². The highest BCUT2D eigenvalue weighted by atomic mass is 15.1. The Morgan fingerprint density at radius 2 is 2.22 bits per heavy atom. The molecule has 0 N–H and O–H groups in total. The van der Waals surface area contributed by atoms with Gasteiger partial charge in [-0.3, -0.25) is 4.99 Å². The minimum absolute atomic E-state index is 0.577. The zero-order chi connectivity index (χ0) is 14.0. The number of allylic oxidation sites excluding steroid dienone is 2. The van der Waals surface area contributed by atoms with Crippen LogP contribution in [0.3, 0.4) is 0 Å². The van der Waals surface area contributed by atoms with E-state index in [4.69, 9.17) is 6.42 Å². The van der Waals surface area contributed by atoms with Crippen molar-refractivity contribution in [3.63, 3.8) is 0 Å². The highest BCUT2D eigenvalue weighted by Gasteiger charge is 2.06. The molecule has 0 aromatic rings. The van der Waals surface area contributed by atoms with Gasteiger partial charge < -0.3 is 4.90 Å². The minimum Gasteiger partial charge on any atom is -0.350 e. The third kappa shape index (κ3) is 6.30. The summed E-state index contributed by atoms with van der Waals surface area (Å²) in [4.78, 5) is 6.40. The van der Waals surface area contributed by atoms with Crippen molar-refractivity contribution in [1.29, 1.82) is 0 Å². The lowest BCUT2D eigenvalue weighted by molar-refractivity contribution is 0.516. The third-order valence-electron chi connectivity index (χ3n) is 2.82. The number of nitrogens with zero attached hydrogens (tertiary/aromatic N) is 2. The van der Waals surface area contributed by atoms with Gasteiger partial charge in [0.1, 0.15) is 5.71 Å². The minimum atomic E-state index is 0.577. The molecule has 0 aromatic carbocycles. The number of rotatable bonds is 8. The van der Waals surface area contributed by atoms with E-state index >= 15 is 0 Å². The predicted octanol–water partition coefficient (Wildman–Crippen LogP) is 3.87. The first-order valence-corrected chi connectivity index (χ1v) is 6.62. The second-order valence-corrected chi connectivity index (χ2v) is 4.62. The van der Waals surface area contributed by atoms with Gasteiger partial charge in [-0.25, -0.2) is 0 Å². The van der Waals surface area contributed by atoms with Crippen molar-refractivity contribution >= 4 is 5.71 Å². The second-order valence-electron chi connectivity index (χ2n) is 4.62. The van der Waals surface area contributed by atoms with Crippen LogP contribution in [-0.4, -0.2) is 24.2 Å². The zero-order valence-corrected chi connectivity index (χ0v) is 12.2. The van der Waals surface area contributed by atoms with Gasteiger partial charge in [-0.15, -0.1) is 6.42 Å². The first-order valence-electron chi connectivity index (χ1n) is 6.62. The van der Waals surface area contributed by atoms with E-state index in [2.05, 4.69) is 31.3 Å². The summed E-state index contributed by atoms with van der Waals surface area (Å²) in [6.07, 6.45) is 13.1. The molecule has 2 nitrogen and oxygen atoms in total. The lowest BCUT2D eigenvalue weighted by atomic mass is 10.0. The fourth-order valence-corrected chi connectivity index (χ4v) is 1.59. The molecule has 0 aliphatic rings. The van der Waals surface area contributed by atoms with Crippen LogP contribution in [0.1, 0.15) is 40.0 Å². The Hall–Kier alpha value is -1.49. The van der Waals surface area contributed by atoms with E-state index in [1.54, 1.807) is 0 Å². The predicted molar refractivity (Wildman–Crippen MR) is 81.5 cm³/mol. The van der Waals surface area contributed by atoms with Crippen LogP contribution in [0.4, 0.5) is 0 Å². The summed E-state index contributed by atoms with van der Waals surface area (Å²) in [5.41, 5.74) is 1.43. The molecular weight excluding hydrogens is 220 g/mol. The zero-order valence-electron chi connectivity index (χ0n) is 12.2. The molecule has 0 radical (unpaired) electrons. The lowest BCUT2D eigenvalue weighted by Gasteiger charge is -2.16. The molecule has 0 saturated carbocycles. The Morgan fingerprint density at radius 1 is 1.56 bits per heavy atom. The van der Waals surface area contributed by atoms with E-state index in [1.165, 1.54) is 19.3 Å². The molecule has 0 aliphatic carbocycles. The van der Waals surface area contributed by atoms with Crippen LogP contribution in [0.15, 0.2) is 29.5 Å². The quantitative estimate of drug-likeness (QED) is 0.469. The van der Waals surface area contributed by atoms with Crippen LogP contribution in [0, 0.1) is 18.3 Å². The summed E-state index contributed by atoms with van der Waals surface area (Å²) >= 11 is 0. The molecule has 1 atom stereocenters. The first kappa shape index (κ1) is 16.5. The van der Waals surface area contributed by atoms with E-state index in [9.17, 15) is 0 Å². The maximum absolute atomic E-state index is 5.50. The number of hydrogen-bond acceptors (Lipinski definition) is 2. The van der Waals surface area contributed by atoms with Crippen LogP contribution >= 0.6 is 0 Å². The molecule has 18 heavy (non-hydrogen) atoms. The second kappa shape index (κ2) is 9.53. The van der Waals surface area contributed by atoms with Gasteiger partial charge in [-0.05, 0) is 31.4 Å². The molecule has 0 saturated heterocycles. The lowest BCUT2D eigenvalue weighted by Crippen LogP contribution is -2.17. The van der Waals surface area contributed by atoms with Gasteiger partial charge in [0.15, 0.2) is 0 Å². The van der Waals surface area contributed by atoms with E-state index in [-0.39, 0.29) is 0 Å². The molecule has 0 unspecified atom stereocenters. The molecule has 0 bridgehead atoms. The van der Waals surface area contributed by atoms with E-state index < -0.39 is 0 Å². The summed E-state index contributed by atoms with van der Waals surface area (Å²) in [6, 6.07) is 0. The molecule has 0 heterocycles. The number of terminal acetylenes is 1. The maximum Gasteiger partial charge on any atom is 0.130 e. The summed E-state index contributed by atoms with van der Waals surface area (Å²) in [5, 5.41) is 0. The van der Waals surface area contributed by atoms with E-state index in [0.717, 1.165) is 12.2 Å². The number of hydrogen-bond donors (Lipinski definition) is 0. The Bertz CT molecular complexity index is 345. The van der Waals surface area contributed by atoms with Crippen molar-refractivity contribution in [3.8, 4) is 12.3 Å². The van der Waals surface area contributed by atoms with Gasteiger partial charge in [0.25, 0.3) is 0 Å². The van der Waals surface area contributed by atoms with Gasteiger partial charge in [-0.2, -0.15) is 0 Å². The van der Waals surface area contributed by atoms with Crippen LogP contribution < -0.4 is 0 Å². The summed E-state index contributed by atoms with van der Waals surface area (Å²) in [7, 11) is 1.93. The molecule has 0 aliphatic heterocycles. The van der Waals surface area contributed by atoms with Gasteiger partial charge in [0.2, 0.25) is 0 Å². The first-order chi connectivity index (χ1) is 8.56. The highest BCUT2D eigenvalue weighted by molar-refractivity contribution is 6.11. The third-order valence-corrected chi connectivity index (χ3v) is 2.82. The smallest absolute Gasteiger partial charge is 0.130 e. The molecule has 0 aromatic heterocycles. The standard InChI is InChI=1S/C16H26N2/c1-7-10-11-14(4)13-17-16(9-3)15(5)18(6)12-8-2/h3,8,12,14H,5,7,10-11,13H2,1-2,4,6H3/b12-8-,17-16+/t14-/m0/s1. The number of aliphatic imine (C=N–C) groups is 1. The molecule has 0 fully saturated rings. The Labute approximate surface area is 112 Å². The normalized spacial score (nSPS) is 13.4. The Balaban J connectivity index is 4.49. The molecular formula is C16H26N2. The van der Waals surface area contributed by atoms with Crippen molar-refractivity contribution in [2.75, 3.05) is 13.6 Å². The van der Waals surface area contributed by atoms with E-state index in [1.807, 2.05) is 31.1 Å². The molecule has 2 heteroatoms. The van der Waals surface area contributed by atoms with Gasteiger partial charge in [0, 0.05) is 13.6 Å². The van der Waals surface area contributed by atoms with Crippen LogP contribution in [0.5, 0.6) is 0 Å². The van der Waals surface area contributed by atoms with Gasteiger partial charge >= 0.3 is 0 Å². The van der Waals surface area contributed by atoms with Crippen LogP contribution in [0.2, 0.25) is 0 Å². The monoisotopic (exact) mass is 246 g/mol. The van der Waals surface area contributed by atoms with E-state index in [0.29, 0.717) is 11.6 Å². The maximum atomic E-state index is 5.50.